The molecule has 0 spiro atoms. The van der Waals surface area contributed by atoms with Gasteiger partial charge in [-0.25, -0.2) is 0 Å². The minimum absolute atomic E-state index is 0.270. The van der Waals surface area contributed by atoms with Crippen LogP contribution in [-0.4, -0.2) is 15.6 Å². The van der Waals surface area contributed by atoms with Crippen LogP contribution in [0.2, 0.25) is 0 Å². The molecule has 0 aromatic carbocycles. The van der Waals surface area contributed by atoms with E-state index in [9.17, 15) is 0 Å². The Hall–Kier alpha value is 0.430. The van der Waals surface area contributed by atoms with Crippen molar-refractivity contribution in [3.8, 4) is 0 Å². The summed E-state index contributed by atoms with van der Waals surface area (Å²) in [6, 6.07) is 0. The molecule has 2 atom stereocenters. The zero-order valence-corrected chi connectivity index (χ0v) is 8.00. The summed E-state index contributed by atoms with van der Waals surface area (Å²) in [6.45, 7) is 4.37. The fourth-order valence-corrected chi connectivity index (χ4v) is 0.830. The van der Waals surface area contributed by atoms with Gasteiger partial charge in [0, 0.05) is 3.92 Å². The Balaban J connectivity index is 3.58. The van der Waals surface area contributed by atoms with Crippen molar-refractivity contribution < 1.29 is 5.11 Å². The van der Waals surface area contributed by atoms with Gasteiger partial charge in [-0.3, -0.25) is 0 Å². The SMILES string of the molecule is C/C=C/C(C)C(I)CO. The van der Waals surface area contributed by atoms with Gasteiger partial charge in [-0.05, 0) is 12.8 Å². The van der Waals surface area contributed by atoms with Crippen LogP contribution in [-0.2, 0) is 0 Å². The van der Waals surface area contributed by atoms with Crippen LogP contribution in [0.5, 0.6) is 0 Å². The van der Waals surface area contributed by atoms with Crippen molar-refractivity contribution in [2.45, 2.75) is 17.8 Å². The van der Waals surface area contributed by atoms with E-state index in [2.05, 4.69) is 35.6 Å². The highest BCUT2D eigenvalue weighted by atomic mass is 127. The third kappa shape index (κ3) is 3.92. The van der Waals surface area contributed by atoms with E-state index in [0.717, 1.165) is 0 Å². The number of aliphatic hydroxyl groups excluding tert-OH is 1. The number of rotatable bonds is 3. The van der Waals surface area contributed by atoms with Crippen LogP contribution >= 0.6 is 22.6 Å². The Kier molecular flexibility index (Phi) is 5.48. The second-order valence-electron chi connectivity index (χ2n) is 2.08. The molecule has 0 aliphatic carbocycles. The molecule has 0 amide bonds. The summed E-state index contributed by atoms with van der Waals surface area (Å²) in [5, 5.41) is 8.69. The van der Waals surface area contributed by atoms with Gasteiger partial charge in [-0.15, -0.1) is 0 Å². The number of hydrogen-bond acceptors (Lipinski definition) is 1. The van der Waals surface area contributed by atoms with Crippen LogP contribution in [0.4, 0.5) is 0 Å². The quantitative estimate of drug-likeness (QED) is 0.454. The summed E-state index contributed by atoms with van der Waals surface area (Å²) in [6.07, 6.45) is 4.12. The van der Waals surface area contributed by atoms with Crippen molar-refractivity contribution in [3.05, 3.63) is 12.2 Å². The molecule has 54 valence electrons. The predicted octanol–water partition coefficient (Wildman–Crippen LogP) is 1.99. The molecule has 0 aromatic rings. The summed E-state index contributed by atoms with van der Waals surface area (Å²) in [7, 11) is 0. The summed E-state index contributed by atoms with van der Waals surface area (Å²) in [5.41, 5.74) is 0. The zero-order valence-electron chi connectivity index (χ0n) is 5.84. The average molecular weight is 240 g/mol. The lowest BCUT2D eigenvalue weighted by Crippen LogP contribution is -2.12. The lowest BCUT2D eigenvalue weighted by molar-refractivity contribution is 0.286. The summed E-state index contributed by atoms with van der Waals surface area (Å²) in [5.74, 6) is 0.487. The van der Waals surface area contributed by atoms with Gasteiger partial charge in [-0.2, -0.15) is 0 Å². The summed E-state index contributed by atoms with van der Waals surface area (Å²) in [4.78, 5) is 0. The van der Waals surface area contributed by atoms with Crippen LogP contribution in [0.25, 0.3) is 0 Å². The fraction of sp³-hybridized carbons (Fsp3) is 0.714. The second kappa shape index (κ2) is 5.23. The van der Waals surface area contributed by atoms with E-state index in [1.165, 1.54) is 0 Å². The van der Waals surface area contributed by atoms with Crippen molar-refractivity contribution in [3.63, 3.8) is 0 Å². The average Bonchev–Trinajstić information content (AvgIpc) is 1.87. The van der Waals surface area contributed by atoms with E-state index in [1.54, 1.807) is 0 Å². The van der Waals surface area contributed by atoms with E-state index < -0.39 is 0 Å². The molecule has 9 heavy (non-hydrogen) atoms. The van der Waals surface area contributed by atoms with Gasteiger partial charge in [-0.1, -0.05) is 41.7 Å². The third-order valence-corrected chi connectivity index (χ3v) is 2.77. The molecule has 1 nitrogen and oxygen atoms in total. The molecule has 2 heteroatoms. The fourth-order valence-electron chi connectivity index (χ4n) is 0.590. The Morgan fingerprint density at radius 1 is 1.67 bits per heavy atom. The first-order valence-corrected chi connectivity index (χ1v) is 4.34. The van der Waals surface area contributed by atoms with Gasteiger partial charge in [0.25, 0.3) is 0 Å². The molecule has 0 fully saturated rings. The van der Waals surface area contributed by atoms with Gasteiger partial charge in [0.05, 0.1) is 6.61 Å². The smallest absolute Gasteiger partial charge is 0.0554 e. The van der Waals surface area contributed by atoms with Crippen molar-refractivity contribution in [2.24, 2.45) is 5.92 Å². The van der Waals surface area contributed by atoms with Crippen molar-refractivity contribution in [1.29, 1.82) is 0 Å². The third-order valence-electron chi connectivity index (χ3n) is 1.24. The molecule has 2 unspecified atom stereocenters. The molecule has 0 aliphatic rings. The zero-order chi connectivity index (χ0) is 7.28. The first-order chi connectivity index (χ1) is 4.22. The van der Waals surface area contributed by atoms with Crippen LogP contribution in [0.1, 0.15) is 13.8 Å². The molecular formula is C7H13IO. The summed E-state index contributed by atoms with van der Waals surface area (Å²) < 4.78 is 0.360. The van der Waals surface area contributed by atoms with E-state index >= 15 is 0 Å². The largest absolute Gasteiger partial charge is 0.395 e. The van der Waals surface area contributed by atoms with Gasteiger partial charge >= 0.3 is 0 Å². The maximum Gasteiger partial charge on any atom is 0.0554 e. The highest BCUT2D eigenvalue weighted by Crippen LogP contribution is 2.13. The van der Waals surface area contributed by atoms with Gasteiger partial charge in [0.15, 0.2) is 0 Å². The van der Waals surface area contributed by atoms with Crippen LogP contribution in [0.15, 0.2) is 12.2 Å². The minimum Gasteiger partial charge on any atom is -0.395 e. The Morgan fingerprint density at radius 3 is 2.56 bits per heavy atom. The maximum absolute atomic E-state index is 8.69. The Morgan fingerprint density at radius 2 is 2.22 bits per heavy atom. The second-order valence-corrected chi connectivity index (χ2v) is 3.68. The van der Waals surface area contributed by atoms with E-state index in [0.29, 0.717) is 9.84 Å². The van der Waals surface area contributed by atoms with E-state index in [1.807, 2.05) is 13.0 Å². The molecule has 0 saturated heterocycles. The minimum atomic E-state index is 0.270. The van der Waals surface area contributed by atoms with Crippen LogP contribution in [0, 0.1) is 5.92 Å². The molecule has 0 heterocycles. The molecule has 0 bridgehead atoms. The number of allylic oxidation sites excluding steroid dienone is 2. The molecule has 0 rings (SSSR count). The van der Waals surface area contributed by atoms with Crippen LogP contribution < -0.4 is 0 Å². The normalized spacial score (nSPS) is 18.2. The van der Waals surface area contributed by atoms with E-state index in [4.69, 9.17) is 5.11 Å². The number of alkyl halides is 1. The van der Waals surface area contributed by atoms with Gasteiger partial charge in [0.2, 0.25) is 0 Å². The Labute approximate surface area is 70.3 Å². The molecule has 0 aromatic heterocycles. The summed E-state index contributed by atoms with van der Waals surface area (Å²) >= 11 is 2.25. The number of hydrogen-bond donors (Lipinski definition) is 1. The lowest BCUT2D eigenvalue weighted by Gasteiger charge is -2.10. The topological polar surface area (TPSA) is 20.2 Å². The maximum atomic E-state index is 8.69. The predicted molar refractivity (Wildman–Crippen MR) is 48.9 cm³/mol. The molecule has 0 radical (unpaired) electrons. The van der Waals surface area contributed by atoms with Crippen LogP contribution in [0.3, 0.4) is 0 Å². The molecule has 0 saturated carbocycles. The lowest BCUT2D eigenvalue weighted by atomic mass is 10.1. The van der Waals surface area contributed by atoms with Gasteiger partial charge in [0.1, 0.15) is 0 Å². The molecule has 1 N–H and O–H groups in total. The van der Waals surface area contributed by atoms with Crippen molar-refractivity contribution in [2.75, 3.05) is 6.61 Å². The highest BCUT2D eigenvalue weighted by Gasteiger charge is 2.07. The first kappa shape index (κ1) is 9.43. The molecular weight excluding hydrogens is 227 g/mol. The first-order valence-electron chi connectivity index (χ1n) is 3.10. The Bertz CT molecular complexity index is 90.9. The standard InChI is InChI=1S/C7H13IO/c1-3-4-6(2)7(8)5-9/h3-4,6-7,9H,5H2,1-2H3/b4-3+. The number of halogens is 1. The van der Waals surface area contributed by atoms with E-state index in [-0.39, 0.29) is 6.61 Å². The molecule has 0 aliphatic heterocycles. The highest BCUT2D eigenvalue weighted by molar-refractivity contribution is 14.1. The van der Waals surface area contributed by atoms with Gasteiger partial charge < -0.3 is 5.11 Å². The number of aliphatic hydroxyl groups is 1. The monoisotopic (exact) mass is 240 g/mol. The van der Waals surface area contributed by atoms with Crippen molar-refractivity contribution in [1.82, 2.24) is 0 Å². The van der Waals surface area contributed by atoms with Crippen molar-refractivity contribution >= 4 is 22.6 Å².